The molecular formula is C22H21F5N4O5S. The minimum atomic E-state index is -4.06. The number of carbonyl (C=O) groups is 1. The lowest BCUT2D eigenvalue weighted by Gasteiger charge is -2.27. The number of aromatic nitrogens is 1. The van der Waals surface area contributed by atoms with Crippen LogP contribution in [-0.2, 0) is 10.0 Å². The number of hydrogen-bond acceptors (Lipinski definition) is 6. The number of anilines is 1. The Morgan fingerprint density at radius 2 is 1.92 bits per heavy atom. The van der Waals surface area contributed by atoms with Crippen molar-refractivity contribution in [1.82, 2.24) is 14.8 Å². The molecule has 1 fully saturated rings. The van der Waals surface area contributed by atoms with Crippen LogP contribution in [0.2, 0.25) is 0 Å². The van der Waals surface area contributed by atoms with Crippen LogP contribution in [0.25, 0.3) is 22.1 Å². The fourth-order valence-corrected chi connectivity index (χ4v) is 5.09. The number of nitrogens with zero attached hydrogens (tertiary/aromatic N) is 2. The van der Waals surface area contributed by atoms with Gasteiger partial charge in [-0.15, -0.1) is 0 Å². The van der Waals surface area contributed by atoms with Crippen molar-refractivity contribution in [2.75, 3.05) is 24.2 Å². The van der Waals surface area contributed by atoms with Gasteiger partial charge < -0.3 is 14.5 Å². The number of fused-ring (bicyclic) bond motifs is 1. The summed E-state index contributed by atoms with van der Waals surface area (Å²) in [5.41, 5.74) is -0.815. The Morgan fingerprint density at radius 1 is 1.24 bits per heavy atom. The molecule has 37 heavy (non-hydrogen) atoms. The van der Waals surface area contributed by atoms with E-state index in [4.69, 9.17) is 4.52 Å². The Labute approximate surface area is 207 Å². The third-order valence-electron chi connectivity index (χ3n) is 6.03. The maximum Gasteiger partial charge on any atom is 0.323 e. The molecule has 1 aliphatic heterocycles. The number of halogens is 5. The van der Waals surface area contributed by atoms with Crippen molar-refractivity contribution in [3.8, 4) is 11.1 Å². The fourth-order valence-electron chi connectivity index (χ4n) is 4.25. The largest absolute Gasteiger partial charge is 0.396 e. The number of hydrogen-bond donors (Lipinski definition) is 3. The molecule has 1 aromatic heterocycles. The van der Waals surface area contributed by atoms with Gasteiger partial charge in [0.15, 0.2) is 11.4 Å². The van der Waals surface area contributed by atoms with Gasteiger partial charge in [-0.3, -0.25) is 5.32 Å². The van der Waals surface area contributed by atoms with Crippen LogP contribution >= 0.6 is 0 Å². The number of nitrogens with one attached hydrogen (secondary N) is 2. The van der Waals surface area contributed by atoms with Crippen LogP contribution in [0.5, 0.6) is 0 Å². The molecule has 0 spiro atoms. The molecule has 15 heteroatoms. The highest BCUT2D eigenvalue weighted by Crippen LogP contribution is 2.39. The monoisotopic (exact) mass is 548 g/mol. The first-order chi connectivity index (χ1) is 17.4. The van der Waals surface area contributed by atoms with E-state index in [1.807, 2.05) is 4.72 Å². The Hall–Kier alpha value is -3.30. The van der Waals surface area contributed by atoms with Crippen molar-refractivity contribution in [2.45, 2.75) is 31.4 Å². The molecule has 9 nitrogen and oxygen atoms in total. The van der Waals surface area contributed by atoms with E-state index >= 15 is 8.78 Å². The summed E-state index contributed by atoms with van der Waals surface area (Å²) < 4.78 is 103. The number of sulfonamides is 1. The van der Waals surface area contributed by atoms with Crippen LogP contribution in [-0.4, -0.2) is 66.5 Å². The molecule has 0 unspecified atom stereocenters. The van der Waals surface area contributed by atoms with Gasteiger partial charge >= 0.3 is 6.03 Å². The molecule has 2 heterocycles. The third-order valence-corrected chi connectivity index (χ3v) is 7.43. The zero-order chi connectivity index (χ0) is 27.1. The summed E-state index contributed by atoms with van der Waals surface area (Å²) in [5, 5.41) is 15.1. The molecule has 1 aliphatic rings. The van der Waals surface area contributed by atoms with Crippen molar-refractivity contribution in [2.24, 2.45) is 0 Å². The Balaban J connectivity index is 1.71. The zero-order valence-electron chi connectivity index (χ0n) is 19.1. The lowest BCUT2D eigenvalue weighted by molar-refractivity contribution is -0.0465. The molecule has 200 valence electrons. The average molecular weight is 548 g/mol. The SMILES string of the molecule is CCS(=O)(=O)N[C@@H]1CN(C(=O)Nc2noc3cccc(-c4c(F)cc(F)cc4F)c23)[C@H](CCO)C1(F)F. The summed E-state index contributed by atoms with van der Waals surface area (Å²) in [6.07, 6.45) is -0.568. The maximum atomic E-state index is 15.1. The second-order valence-electron chi connectivity index (χ2n) is 8.31. The summed E-state index contributed by atoms with van der Waals surface area (Å²) >= 11 is 0. The van der Waals surface area contributed by atoms with E-state index in [1.165, 1.54) is 25.1 Å². The zero-order valence-corrected chi connectivity index (χ0v) is 20.0. The molecule has 2 aromatic carbocycles. The Kier molecular flexibility index (Phi) is 7.14. The van der Waals surface area contributed by atoms with Gasteiger partial charge in [-0.2, -0.15) is 0 Å². The van der Waals surface area contributed by atoms with Crippen LogP contribution in [0.4, 0.5) is 32.6 Å². The van der Waals surface area contributed by atoms with Gasteiger partial charge in [-0.1, -0.05) is 17.3 Å². The van der Waals surface area contributed by atoms with Crippen molar-refractivity contribution >= 4 is 32.8 Å². The molecule has 1 saturated heterocycles. The van der Waals surface area contributed by atoms with Gasteiger partial charge in [0.05, 0.1) is 16.7 Å². The summed E-state index contributed by atoms with van der Waals surface area (Å²) in [5.74, 6) is -8.21. The highest BCUT2D eigenvalue weighted by Gasteiger charge is 2.58. The van der Waals surface area contributed by atoms with Crippen molar-refractivity contribution in [1.29, 1.82) is 0 Å². The predicted octanol–water partition coefficient (Wildman–Crippen LogP) is 3.45. The van der Waals surface area contributed by atoms with E-state index in [0.29, 0.717) is 17.0 Å². The smallest absolute Gasteiger partial charge is 0.323 e. The highest BCUT2D eigenvalue weighted by atomic mass is 32.2. The fraction of sp³-hybridized carbons (Fsp3) is 0.364. The topological polar surface area (TPSA) is 125 Å². The first kappa shape index (κ1) is 26.8. The molecule has 0 aliphatic carbocycles. The number of alkyl halides is 2. The summed E-state index contributed by atoms with van der Waals surface area (Å²) in [6, 6.07) is -0.0600. The molecule has 4 rings (SSSR count). The number of aliphatic hydroxyl groups excluding tert-OH is 1. The van der Waals surface area contributed by atoms with Crippen molar-refractivity contribution < 1.29 is 44.8 Å². The average Bonchev–Trinajstić information content (AvgIpc) is 3.33. The van der Waals surface area contributed by atoms with E-state index in [1.54, 1.807) is 0 Å². The number of carbonyl (C=O) groups excluding carboxylic acids is 1. The van der Waals surface area contributed by atoms with Crippen LogP contribution < -0.4 is 10.0 Å². The van der Waals surface area contributed by atoms with Crippen molar-refractivity contribution in [3.05, 3.63) is 47.8 Å². The molecule has 0 saturated carbocycles. The number of aliphatic hydroxyl groups is 1. The standard InChI is InChI=1S/C22H21F5N4O5S/c1-2-37(34,35)30-16-10-31(17(6-7-32)22(16,26)27)21(33)28-20-19-12(4-3-5-15(19)36-29-20)18-13(24)8-11(23)9-14(18)25/h3-5,8-9,16-17,30,32H,2,6-7,10H2,1H3,(H,28,29,33)/t16-,17-/m1/s1. The number of benzene rings is 2. The molecule has 0 radical (unpaired) electrons. The van der Waals surface area contributed by atoms with Gasteiger partial charge in [0, 0.05) is 30.8 Å². The number of amides is 2. The minimum Gasteiger partial charge on any atom is -0.396 e. The highest BCUT2D eigenvalue weighted by molar-refractivity contribution is 7.89. The first-order valence-electron chi connectivity index (χ1n) is 11.0. The third kappa shape index (κ3) is 4.98. The molecule has 0 bridgehead atoms. The maximum absolute atomic E-state index is 15.1. The lowest BCUT2D eigenvalue weighted by Crippen LogP contribution is -2.50. The van der Waals surface area contributed by atoms with Crippen LogP contribution in [0.3, 0.4) is 0 Å². The van der Waals surface area contributed by atoms with Crippen LogP contribution in [0.1, 0.15) is 13.3 Å². The number of rotatable bonds is 7. The van der Waals surface area contributed by atoms with Crippen LogP contribution in [0.15, 0.2) is 34.9 Å². The van der Waals surface area contributed by atoms with Crippen molar-refractivity contribution in [3.63, 3.8) is 0 Å². The van der Waals surface area contributed by atoms with Gasteiger partial charge in [-0.25, -0.2) is 39.9 Å². The van der Waals surface area contributed by atoms with E-state index < -0.39 is 82.4 Å². The Bertz CT molecular complexity index is 1430. The van der Waals surface area contributed by atoms with Crippen LogP contribution in [0, 0.1) is 17.5 Å². The summed E-state index contributed by atoms with van der Waals surface area (Å²) in [7, 11) is -4.06. The van der Waals surface area contributed by atoms with Gasteiger partial charge in [-0.05, 0) is 19.4 Å². The minimum absolute atomic E-state index is 0.0248. The predicted molar refractivity (Wildman–Crippen MR) is 122 cm³/mol. The number of likely N-dealkylation sites (tertiary alicyclic amines) is 1. The quantitative estimate of drug-likeness (QED) is 0.389. The van der Waals surface area contributed by atoms with E-state index in [2.05, 4.69) is 10.5 Å². The second-order valence-corrected chi connectivity index (χ2v) is 10.4. The first-order valence-corrected chi connectivity index (χ1v) is 12.6. The molecule has 3 N–H and O–H groups in total. The molecule has 2 atom stereocenters. The number of urea groups is 1. The normalized spacial score (nSPS) is 19.5. The summed E-state index contributed by atoms with van der Waals surface area (Å²) in [4.78, 5) is 13.7. The van der Waals surface area contributed by atoms with Gasteiger partial charge in [0.25, 0.3) is 5.92 Å². The second kappa shape index (κ2) is 9.87. The van der Waals surface area contributed by atoms with Gasteiger partial charge in [0.1, 0.15) is 29.5 Å². The molecule has 2 amide bonds. The van der Waals surface area contributed by atoms with Gasteiger partial charge in [0.2, 0.25) is 10.0 Å². The molecule has 3 aromatic rings. The molecular weight excluding hydrogens is 527 g/mol. The van der Waals surface area contributed by atoms with E-state index in [9.17, 15) is 31.5 Å². The van der Waals surface area contributed by atoms with E-state index in [-0.39, 0.29) is 22.4 Å². The Morgan fingerprint density at radius 3 is 2.54 bits per heavy atom. The van der Waals surface area contributed by atoms with E-state index in [0.717, 1.165) is 0 Å². The summed E-state index contributed by atoms with van der Waals surface area (Å²) in [6.45, 7) is -0.213. The lowest BCUT2D eigenvalue weighted by atomic mass is 10.0.